The van der Waals surface area contributed by atoms with E-state index in [-0.39, 0.29) is 29.6 Å². The summed E-state index contributed by atoms with van der Waals surface area (Å²) >= 11 is 0. The molecule has 1 heterocycles. The zero-order valence-electron chi connectivity index (χ0n) is 20.4. The second kappa shape index (κ2) is 12.4. The van der Waals surface area contributed by atoms with Gasteiger partial charge in [-0.2, -0.15) is 5.26 Å². The van der Waals surface area contributed by atoms with E-state index in [0.717, 1.165) is 11.1 Å². The summed E-state index contributed by atoms with van der Waals surface area (Å²) in [7, 11) is 1.44. The molecule has 1 aliphatic heterocycles. The second-order valence-corrected chi connectivity index (χ2v) is 8.14. The number of carbonyl (C=O) groups excluding carboxylic acids is 2. The van der Waals surface area contributed by atoms with Gasteiger partial charge in [0.1, 0.15) is 17.4 Å². The van der Waals surface area contributed by atoms with Gasteiger partial charge in [0.05, 0.1) is 20.3 Å². The molecular weight excluding hydrogens is 472 g/mol. The Balaban J connectivity index is 1.37. The fraction of sp³-hybridized carbons (Fsp3) is 0.207. The lowest BCUT2D eigenvalue weighted by Crippen LogP contribution is -2.41. The van der Waals surface area contributed by atoms with Gasteiger partial charge in [-0.05, 0) is 47.0 Å². The van der Waals surface area contributed by atoms with E-state index in [1.807, 2.05) is 48.5 Å². The number of esters is 1. The molecule has 8 heteroatoms. The molecule has 4 rings (SSSR count). The van der Waals surface area contributed by atoms with Crippen molar-refractivity contribution in [1.82, 2.24) is 4.90 Å². The Labute approximate surface area is 215 Å². The molecule has 37 heavy (non-hydrogen) atoms. The van der Waals surface area contributed by atoms with E-state index in [1.165, 1.54) is 13.2 Å². The summed E-state index contributed by atoms with van der Waals surface area (Å²) in [6.07, 6.45) is 1.48. The number of nitrogens with zero attached hydrogens (tertiary/aromatic N) is 2. The normalized spacial score (nSPS) is 13.4. The smallest absolute Gasteiger partial charge is 0.349 e. The van der Waals surface area contributed by atoms with E-state index in [2.05, 4.69) is 0 Å². The lowest BCUT2D eigenvalue weighted by Gasteiger charge is -2.26. The van der Waals surface area contributed by atoms with Crippen LogP contribution in [0.5, 0.6) is 17.2 Å². The Hall–Kier alpha value is -4.61. The first kappa shape index (κ1) is 25.5. The summed E-state index contributed by atoms with van der Waals surface area (Å²) in [5, 5.41) is 9.50. The van der Waals surface area contributed by atoms with Crippen LogP contribution in [-0.2, 0) is 14.3 Å². The van der Waals surface area contributed by atoms with Gasteiger partial charge in [-0.3, -0.25) is 4.79 Å². The van der Waals surface area contributed by atoms with Gasteiger partial charge < -0.3 is 23.8 Å². The summed E-state index contributed by atoms with van der Waals surface area (Å²) in [5.41, 5.74) is 2.69. The van der Waals surface area contributed by atoms with Gasteiger partial charge in [-0.1, -0.05) is 48.5 Å². The summed E-state index contributed by atoms with van der Waals surface area (Å²) in [6.45, 7) is 1.48. The van der Waals surface area contributed by atoms with Gasteiger partial charge in [-0.25, -0.2) is 4.79 Å². The van der Waals surface area contributed by atoms with Gasteiger partial charge in [-0.15, -0.1) is 0 Å². The lowest BCUT2D eigenvalue weighted by molar-refractivity contribution is -0.136. The Morgan fingerprint density at radius 3 is 2.35 bits per heavy atom. The molecule has 0 aliphatic carbocycles. The number of nitriles is 1. The maximum absolute atomic E-state index is 12.6. The van der Waals surface area contributed by atoms with E-state index in [4.69, 9.17) is 18.9 Å². The average molecular weight is 499 g/mol. The van der Waals surface area contributed by atoms with Crippen molar-refractivity contribution in [2.24, 2.45) is 0 Å². The topological polar surface area (TPSA) is 98.1 Å². The Bertz CT molecular complexity index is 1310. The molecule has 0 spiro atoms. The van der Waals surface area contributed by atoms with Crippen LogP contribution in [0.2, 0.25) is 0 Å². The van der Waals surface area contributed by atoms with Gasteiger partial charge in [0.25, 0.3) is 5.91 Å². The van der Waals surface area contributed by atoms with Crippen molar-refractivity contribution in [3.8, 4) is 34.4 Å². The first-order valence-electron chi connectivity index (χ1n) is 11.7. The molecular formula is C29H26N2O6. The number of methoxy groups -OCH3 is 1. The second-order valence-electron chi connectivity index (χ2n) is 8.14. The summed E-state index contributed by atoms with van der Waals surface area (Å²) in [6, 6.07) is 24.1. The highest BCUT2D eigenvalue weighted by Gasteiger charge is 2.21. The minimum absolute atomic E-state index is 0.000352. The van der Waals surface area contributed by atoms with Crippen LogP contribution in [0.1, 0.15) is 5.56 Å². The van der Waals surface area contributed by atoms with Crippen LogP contribution in [0, 0.1) is 11.3 Å². The number of benzene rings is 3. The molecule has 3 aromatic rings. The van der Waals surface area contributed by atoms with Crippen molar-refractivity contribution < 1.29 is 28.5 Å². The van der Waals surface area contributed by atoms with Crippen LogP contribution in [0.3, 0.4) is 0 Å². The zero-order chi connectivity index (χ0) is 26.0. The van der Waals surface area contributed by atoms with Crippen molar-refractivity contribution in [2.45, 2.75) is 0 Å². The molecule has 3 aromatic carbocycles. The average Bonchev–Trinajstić information content (AvgIpc) is 2.96. The fourth-order valence-electron chi connectivity index (χ4n) is 3.77. The molecule has 0 N–H and O–H groups in total. The minimum atomic E-state index is -0.603. The molecule has 0 bridgehead atoms. The van der Waals surface area contributed by atoms with Crippen LogP contribution in [0.25, 0.3) is 17.2 Å². The minimum Gasteiger partial charge on any atom is -0.493 e. The number of hydrogen-bond acceptors (Lipinski definition) is 7. The number of rotatable bonds is 8. The van der Waals surface area contributed by atoms with E-state index < -0.39 is 5.97 Å². The largest absolute Gasteiger partial charge is 0.493 e. The molecule has 188 valence electrons. The molecule has 0 radical (unpaired) electrons. The summed E-state index contributed by atoms with van der Waals surface area (Å²) in [5.74, 6) is 0.0670. The molecule has 1 saturated heterocycles. The third-order valence-electron chi connectivity index (χ3n) is 5.69. The van der Waals surface area contributed by atoms with Crippen LogP contribution < -0.4 is 14.2 Å². The predicted molar refractivity (Wildman–Crippen MR) is 137 cm³/mol. The van der Waals surface area contributed by atoms with Crippen molar-refractivity contribution in [1.29, 1.82) is 5.26 Å². The van der Waals surface area contributed by atoms with E-state index >= 15 is 0 Å². The number of amides is 1. The third kappa shape index (κ3) is 6.75. The highest BCUT2D eigenvalue weighted by Crippen LogP contribution is 2.29. The highest BCUT2D eigenvalue weighted by molar-refractivity contribution is 6.01. The first-order chi connectivity index (χ1) is 18.1. The number of ether oxygens (including phenoxy) is 4. The monoisotopic (exact) mass is 498 g/mol. The Morgan fingerprint density at radius 2 is 1.68 bits per heavy atom. The molecule has 8 nitrogen and oxygen atoms in total. The van der Waals surface area contributed by atoms with Crippen LogP contribution in [0.15, 0.2) is 78.4 Å². The predicted octanol–water partition coefficient (Wildman–Crippen LogP) is 4.11. The van der Waals surface area contributed by atoms with Crippen LogP contribution >= 0.6 is 0 Å². The standard InChI is InChI=1S/C29H26N2O6/c1-34-27-18-21(17-24(19-30)29(33)31-13-15-35-16-14-31)7-12-26(27)37-28(32)20-36-25-10-8-23(9-11-25)22-5-3-2-4-6-22/h2-12,17-18H,13-16,20H2,1H3/b24-17+. The van der Waals surface area contributed by atoms with E-state index in [0.29, 0.717) is 37.6 Å². The number of carbonyl (C=O) groups is 2. The maximum atomic E-state index is 12.6. The van der Waals surface area contributed by atoms with E-state index in [9.17, 15) is 14.9 Å². The summed E-state index contributed by atoms with van der Waals surface area (Å²) in [4.78, 5) is 26.6. The molecule has 0 atom stereocenters. The SMILES string of the molecule is COc1cc(/C=C(\C#N)C(=O)N2CCOCC2)ccc1OC(=O)COc1ccc(-c2ccccc2)cc1. The molecule has 1 aliphatic rings. The highest BCUT2D eigenvalue weighted by atomic mass is 16.6. The molecule has 1 fully saturated rings. The van der Waals surface area contributed by atoms with Crippen LogP contribution in [-0.4, -0.2) is 56.8 Å². The van der Waals surface area contributed by atoms with Crippen molar-refractivity contribution in [2.75, 3.05) is 40.0 Å². The molecule has 0 aromatic heterocycles. The van der Waals surface area contributed by atoms with Crippen LogP contribution in [0.4, 0.5) is 0 Å². The number of hydrogen-bond donors (Lipinski definition) is 0. The van der Waals surface area contributed by atoms with Gasteiger partial charge in [0.2, 0.25) is 0 Å². The van der Waals surface area contributed by atoms with Gasteiger partial charge >= 0.3 is 5.97 Å². The maximum Gasteiger partial charge on any atom is 0.349 e. The zero-order valence-corrected chi connectivity index (χ0v) is 20.4. The quantitative estimate of drug-likeness (QED) is 0.199. The first-order valence-corrected chi connectivity index (χ1v) is 11.7. The molecule has 0 unspecified atom stereocenters. The Morgan fingerprint density at radius 1 is 0.973 bits per heavy atom. The lowest BCUT2D eigenvalue weighted by atomic mass is 10.1. The third-order valence-corrected chi connectivity index (χ3v) is 5.69. The summed E-state index contributed by atoms with van der Waals surface area (Å²) < 4.78 is 21.6. The van der Waals surface area contributed by atoms with E-state index in [1.54, 1.807) is 35.2 Å². The van der Waals surface area contributed by atoms with Crippen molar-refractivity contribution in [3.63, 3.8) is 0 Å². The Kier molecular flexibility index (Phi) is 8.53. The van der Waals surface area contributed by atoms with Gasteiger partial charge in [0, 0.05) is 13.1 Å². The number of morpholine rings is 1. The fourth-order valence-corrected chi connectivity index (χ4v) is 3.77. The molecule has 1 amide bonds. The van der Waals surface area contributed by atoms with Crippen molar-refractivity contribution >= 4 is 18.0 Å². The van der Waals surface area contributed by atoms with Crippen molar-refractivity contribution in [3.05, 3.63) is 83.9 Å². The molecule has 0 saturated carbocycles. The van der Waals surface area contributed by atoms with Gasteiger partial charge in [0.15, 0.2) is 18.1 Å².